The van der Waals surface area contributed by atoms with Crippen molar-refractivity contribution in [3.8, 4) is 0 Å². The fraction of sp³-hybridized carbons (Fsp3) is 0.500. The zero-order valence-corrected chi connectivity index (χ0v) is 15.8. The van der Waals surface area contributed by atoms with E-state index in [0.717, 1.165) is 43.4 Å². The maximum Gasteiger partial charge on any atom is 0.287 e. The molecule has 1 aliphatic carbocycles. The van der Waals surface area contributed by atoms with Crippen LogP contribution in [0.3, 0.4) is 0 Å². The van der Waals surface area contributed by atoms with Gasteiger partial charge in [-0.05, 0) is 53.7 Å². The third kappa shape index (κ3) is 3.61. The van der Waals surface area contributed by atoms with E-state index in [2.05, 4.69) is 26.3 Å². The number of nitrogens with zero attached hydrogens (tertiary/aromatic N) is 2. The van der Waals surface area contributed by atoms with Crippen LogP contribution in [0.25, 0.3) is 0 Å². The third-order valence-corrected chi connectivity index (χ3v) is 5.46. The molecule has 0 saturated heterocycles. The smallest absolute Gasteiger partial charge is 0.287 e. The predicted molar refractivity (Wildman–Crippen MR) is 97.0 cm³/mol. The van der Waals surface area contributed by atoms with Gasteiger partial charge < -0.3 is 14.5 Å². The fourth-order valence-corrected chi connectivity index (χ4v) is 3.95. The van der Waals surface area contributed by atoms with Gasteiger partial charge >= 0.3 is 0 Å². The Hall–Kier alpha value is -1.93. The lowest BCUT2D eigenvalue weighted by molar-refractivity contribution is 0.0891. The average molecular weight is 422 g/mol. The number of amides is 1. The maximum atomic E-state index is 12.4. The van der Waals surface area contributed by atoms with Crippen molar-refractivity contribution in [2.45, 2.75) is 50.8 Å². The van der Waals surface area contributed by atoms with E-state index in [9.17, 15) is 9.59 Å². The van der Waals surface area contributed by atoms with E-state index in [0.29, 0.717) is 23.6 Å². The molecule has 1 fully saturated rings. The number of halogens is 1. The Morgan fingerprint density at radius 2 is 2.08 bits per heavy atom. The Morgan fingerprint density at radius 3 is 2.81 bits per heavy atom. The van der Waals surface area contributed by atoms with Crippen LogP contribution in [0.1, 0.15) is 53.5 Å². The summed E-state index contributed by atoms with van der Waals surface area (Å²) < 4.78 is 12.8. The van der Waals surface area contributed by atoms with Gasteiger partial charge in [0.2, 0.25) is 0 Å². The Balaban J connectivity index is 1.39. The van der Waals surface area contributed by atoms with E-state index in [4.69, 9.17) is 9.15 Å². The van der Waals surface area contributed by atoms with Crippen LogP contribution in [0, 0.1) is 0 Å². The van der Waals surface area contributed by atoms with Gasteiger partial charge in [0.05, 0.1) is 24.9 Å². The molecule has 0 spiro atoms. The molecule has 138 valence electrons. The lowest BCUT2D eigenvalue weighted by Gasteiger charge is -2.30. The van der Waals surface area contributed by atoms with Crippen LogP contribution in [0.15, 0.2) is 32.1 Å². The zero-order chi connectivity index (χ0) is 18.1. The van der Waals surface area contributed by atoms with Crippen molar-refractivity contribution in [1.82, 2.24) is 15.1 Å². The van der Waals surface area contributed by atoms with Crippen LogP contribution in [-0.4, -0.2) is 28.3 Å². The molecular formula is C18H20BrN3O4. The largest absolute Gasteiger partial charge is 0.444 e. The number of hydrogen-bond donors (Lipinski definition) is 1. The molecule has 0 radical (unpaired) electrons. The number of hydrogen-bond acceptors (Lipinski definition) is 5. The SMILES string of the molecule is O=C(NC1CCC(n2nc3c(cc2=O)COCC3)CC1)c1ccc(Br)o1. The Labute approximate surface area is 158 Å². The van der Waals surface area contributed by atoms with Crippen LogP contribution >= 0.6 is 15.9 Å². The number of fused-ring (bicyclic) bond motifs is 1. The second-order valence-corrected chi connectivity index (χ2v) is 7.57. The number of nitrogens with one attached hydrogen (secondary N) is 1. The highest BCUT2D eigenvalue weighted by Gasteiger charge is 2.26. The van der Waals surface area contributed by atoms with E-state index in [1.54, 1.807) is 22.9 Å². The summed E-state index contributed by atoms with van der Waals surface area (Å²) in [6.07, 6.45) is 4.00. The predicted octanol–water partition coefficient (Wildman–Crippen LogP) is 2.59. The van der Waals surface area contributed by atoms with Crippen LogP contribution in [0.2, 0.25) is 0 Å². The lowest BCUT2D eigenvalue weighted by atomic mass is 9.91. The number of carbonyl (C=O) groups is 1. The summed E-state index contributed by atoms with van der Waals surface area (Å²) in [5, 5.41) is 7.60. The molecule has 3 heterocycles. The molecule has 1 N–H and O–H groups in total. The van der Waals surface area contributed by atoms with Crippen LogP contribution in [0.4, 0.5) is 0 Å². The van der Waals surface area contributed by atoms with Gasteiger partial charge in [-0.25, -0.2) is 4.68 Å². The minimum Gasteiger partial charge on any atom is -0.444 e. The molecule has 0 bridgehead atoms. The number of rotatable bonds is 3. The van der Waals surface area contributed by atoms with Gasteiger partial charge in [-0.3, -0.25) is 9.59 Å². The third-order valence-electron chi connectivity index (χ3n) is 5.04. The summed E-state index contributed by atoms with van der Waals surface area (Å²) in [7, 11) is 0. The molecule has 0 unspecified atom stereocenters. The van der Waals surface area contributed by atoms with Crippen molar-refractivity contribution in [3.63, 3.8) is 0 Å². The Morgan fingerprint density at radius 1 is 1.27 bits per heavy atom. The normalized spacial score (nSPS) is 22.7. The summed E-state index contributed by atoms with van der Waals surface area (Å²) in [5.41, 5.74) is 1.81. The van der Waals surface area contributed by atoms with Gasteiger partial charge in [0.15, 0.2) is 10.4 Å². The minimum atomic E-state index is -0.205. The molecule has 7 nitrogen and oxygen atoms in total. The van der Waals surface area contributed by atoms with Gasteiger partial charge in [0.25, 0.3) is 11.5 Å². The van der Waals surface area contributed by atoms with Gasteiger partial charge in [-0.2, -0.15) is 5.10 Å². The van der Waals surface area contributed by atoms with Crippen molar-refractivity contribution in [2.75, 3.05) is 6.61 Å². The molecule has 2 aliphatic rings. The second-order valence-electron chi connectivity index (χ2n) is 6.78. The number of ether oxygens (including phenoxy) is 1. The topological polar surface area (TPSA) is 86.4 Å². The highest BCUT2D eigenvalue weighted by molar-refractivity contribution is 9.10. The van der Waals surface area contributed by atoms with Gasteiger partial charge in [-0.15, -0.1) is 0 Å². The average Bonchev–Trinajstić information content (AvgIpc) is 3.08. The zero-order valence-electron chi connectivity index (χ0n) is 14.2. The summed E-state index contributed by atoms with van der Waals surface area (Å²) in [4.78, 5) is 24.6. The van der Waals surface area contributed by atoms with E-state index >= 15 is 0 Å². The molecule has 8 heteroatoms. The molecule has 4 rings (SSSR count). The minimum absolute atomic E-state index is 0.0674. The van der Waals surface area contributed by atoms with Crippen LogP contribution < -0.4 is 10.9 Å². The lowest BCUT2D eigenvalue weighted by Crippen LogP contribution is -2.40. The van der Waals surface area contributed by atoms with E-state index in [-0.39, 0.29) is 23.6 Å². The van der Waals surface area contributed by atoms with Crippen LogP contribution in [0.5, 0.6) is 0 Å². The first-order valence-corrected chi connectivity index (χ1v) is 9.65. The molecule has 1 saturated carbocycles. The maximum absolute atomic E-state index is 12.4. The standard InChI is InChI=1S/C18H20BrN3O4/c19-16-6-5-15(26-16)18(24)20-12-1-3-13(4-2-12)22-17(23)9-11-10-25-8-7-14(11)21-22/h5-6,9,12-13H,1-4,7-8,10H2,(H,20,24). The van der Waals surface area contributed by atoms with Crippen LogP contribution in [-0.2, 0) is 17.8 Å². The van der Waals surface area contributed by atoms with E-state index < -0.39 is 0 Å². The van der Waals surface area contributed by atoms with E-state index in [1.165, 1.54) is 0 Å². The summed E-state index contributed by atoms with van der Waals surface area (Å²) in [5.74, 6) is 0.0945. The first-order valence-electron chi connectivity index (χ1n) is 8.86. The van der Waals surface area contributed by atoms with Gasteiger partial charge in [0.1, 0.15) is 0 Å². The van der Waals surface area contributed by atoms with Crippen molar-refractivity contribution >= 4 is 21.8 Å². The van der Waals surface area contributed by atoms with Crippen molar-refractivity contribution in [1.29, 1.82) is 0 Å². The number of furan rings is 1. The molecule has 0 aromatic carbocycles. The second kappa shape index (κ2) is 7.36. The molecule has 0 atom stereocenters. The molecule has 26 heavy (non-hydrogen) atoms. The van der Waals surface area contributed by atoms with Gasteiger partial charge in [0, 0.05) is 24.1 Å². The fourth-order valence-electron chi connectivity index (χ4n) is 3.65. The molecule has 2 aromatic heterocycles. The molecular weight excluding hydrogens is 402 g/mol. The number of aromatic nitrogens is 2. The highest BCUT2D eigenvalue weighted by Crippen LogP contribution is 2.28. The quantitative estimate of drug-likeness (QED) is 0.822. The molecule has 2 aromatic rings. The monoisotopic (exact) mass is 421 g/mol. The first-order chi connectivity index (χ1) is 12.6. The Bertz CT molecular complexity index is 868. The van der Waals surface area contributed by atoms with Crippen molar-refractivity contribution in [2.24, 2.45) is 0 Å². The first kappa shape index (κ1) is 17.5. The van der Waals surface area contributed by atoms with Crippen molar-refractivity contribution in [3.05, 3.63) is 50.2 Å². The summed E-state index contributed by atoms with van der Waals surface area (Å²) >= 11 is 3.20. The van der Waals surface area contributed by atoms with Crippen molar-refractivity contribution < 1.29 is 13.9 Å². The highest BCUT2D eigenvalue weighted by atomic mass is 79.9. The summed E-state index contributed by atoms with van der Waals surface area (Å²) in [6, 6.07) is 5.17. The van der Waals surface area contributed by atoms with E-state index in [1.807, 2.05) is 0 Å². The summed E-state index contributed by atoms with van der Waals surface area (Å²) in [6.45, 7) is 1.12. The van der Waals surface area contributed by atoms with Gasteiger partial charge in [-0.1, -0.05) is 0 Å². The molecule has 1 amide bonds. The molecule has 1 aliphatic heterocycles. The Kier molecular flexibility index (Phi) is 4.95. The number of carbonyl (C=O) groups excluding carboxylic acids is 1.